The van der Waals surface area contributed by atoms with Crippen LogP contribution in [0, 0.1) is 6.92 Å². The molecule has 0 spiro atoms. The molecule has 1 atom stereocenters. The average molecular weight is 338 g/mol. The molecule has 23 heavy (non-hydrogen) atoms. The first kappa shape index (κ1) is 17.0. The summed E-state index contributed by atoms with van der Waals surface area (Å²) in [4.78, 5) is 36.2. The highest BCUT2D eigenvalue weighted by atomic mass is 32.1. The maximum Gasteiger partial charge on any atom is 0.348 e. The number of urea groups is 1. The Morgan fingerprint density at radius 3 is 2.65 bits per heavy atom. The third-order valence-electron chi connectivity index (χ3n) is 3.26. The van der Waals surface area contributed by atoms with Crippen molar-refractivity contribution >= 4 is 29.3 Å². The summed E-state index contributed by atoms with van der Waals surface area (Å²) in [5.74, 6) is -1.04. The fourth-order valence-corrected chi connectivity index (χ4v) is 3.00. The van der Waals surface area contributed by atoms with Crippen LogP contribution >= 0.6 is 11.3 Å². The lowest BCUT2D eigenvalue weighted by Crippen LogP contribution is -2.50. The van der Waals surface area contributed by atoms with Gasteiger partial charge in [-0.1, -0.05) is 0 Å². The summed E-state index contributed by atoms with van der Waals surface area (Å²) in [5, 5.41) is 6.88. The van der Waals surface area contributed by atoms with Gasteiger partial charge in [-0.3, -0.25) is 0 Å². The Bertz CT molecular complexity index is 665. The zero-order valence-corrected chi connectivity index (χ0v) is 13.9. The molecule has 2 heterocycles. The monoisotopic (exact) mass is 338 g/mol. The summed E-state index contributed by atoms with van der Waals surface area (Å²) in [6, 6.07) is 0.836. The molecule has 2 amide bonds. The second-order valence-corrected chi connectivity index (χ2v) is 5.86. The molecule has 8 heteroatoms. The Morgan fingerprint density at radius 1 is 1.30 bits per heavy atom. The maximum absolute atomic E-state index is 12.1. The number of amides is 2. The number of hydrogen-bond acceptors (Lipinski definition) is 6. The van der Waals surface area contributed by atoms with E-state index in [2.05, 4.69) is 10.6 Å². The lowest BCUT2D eigenvalue weighted by molar-refractivity contribution is -0.139. The van der Waals surface area contributed by atoms with Crippen LogP contribution in [0.1, 0.15) is 29.1 Å². The summed E-state index contributed by atoms with van der Waals surface area (Å²) < 4.78 is 10.2. The van der Waals surface area contributed by atoms with Crippen LogP contribution < -0.4 is 10.6 Å². The number of thiophene rings is 1. The van der Waals surface area contributed by atoms with Gasteiger partial charge >= 0.3 is 18.0 Å². The first-order chi connectivity index (χ1) is 10.9. The van der Waals surface area contributed by atoms with Gasteiger partial charge in [0.05, 0.1) is 23.9 Å². The third-order valence-corrected chi connectivity index (χ3v) is 4.26. The van der Waals surface area contributed by atoms with E-state index in [0.717, 1.165) is 5.56 Å². The molecule has 1 aromatic rings. The average Bonchev–Trinajstić information content (AvgIpc) is 2.90. The van der Waals surface area contributed by atoms with Crippen molar-refractivity contribution in [3.8, 4) is 0 Å². The molecule has 0 aromatic carbocycles. The predicted octanol–water partition coefficient (Wildman–Crippen LogP) is 1.73. The second-order valence-electron chi connectivity index (χ2n) is 4.94. The Balaban J connectivity index is 2.17. The summed E-state index contributed by atoms with van der Waals surface area (Å²) in [5.41, 5.74) is 1.31. The van der Waals surface area contributed by atoms with Crippen LogP contribution in [0.2, 0.25) is 0 Å². The van der Waals surface area contributed by atoms with Crippen LogP contribution in [0.25, 0.3) is 0 Å². The molecule has 124 valence electrons. The Labute approximate surface area is 137 Å². The molecular formula is C15H18N2O5S. The van der Waals surface area contributed by atoms with E-state index in [1.54, 1.807) is 19.2 Å². The van der Waals surface area contributed by atoms with E-state index in [1.807, 2.05) is 13.0 Å². The molecule has 0 aliphatic carbocycles. The number of nitrogens with one attached hydrogen (secondary N) is 2. The predicted molar refractivity (Wildman–Crippen MR) is 84.1 cm³/mol. The number of carbonyl (C=O) groups is 3. The SMILES string of the molecule is CCOC(=O)C1=C(COC(=O)c2sccc2C)NC(=O)N[C@@H]1C. The zero-order valence-electron chi connectivity index (χ0n) is 13.1. The van der Waals surface area contributed by atoms with E-state index >= 15 is 0 Å². The van der Waals surface area contributed by atoms with Crippen LogP contribution in [0.3, 0.4) is 0 Å². The number of hydrogen-bond donors (Lipinski definition) is 2. The molecule has 2 N–H and O–H groups in total. The minimum atomic E-state index is -0.550. The Kier molecular flexibility index (Phi) is 5.38. The first-order valence-electron chi connectivity index (χ1n) is 7.13. The van der Waals surface area contributed by atoms with Gasteiger partial charge in [0.15, 0.2) is 0 Å². The molecular weight excluding hydrogens is 320 g/mol. The van der Waals surface area contributed by atoms with Crippen LogP contribution in [0.15, 0.2) is 22.7 Å². The number of ether oxygens (including phenoxy) is 2. The molecule has 1 aliphatic rings. The molecule has 0 unspecified atom stereocenters. The van der Waals surface area contributed by atoms with Gasteiger partial charge in [-0.15, -0.1) is 11.3 Å². The van der Waals surface area contributed by atoms with Gasteiger partial charge in [-0.05, 0) is 37.8 Å². The number of rotatable bonds is 5. The van der Waals surface area contributed by atoms with Crippen molar-refractivity contribution in [3.63, 3.8) is 0 Å². The number of aryl methyl sites for hydroxylation is 1. The summed E-state index contributed by atoms with van der Waals surface area (Å²) >= 11 is 1.28. The van der Waals surface area contributed by atoms with E-state index in [0.29, 0.717) is 4.88 Å². The number of esters is 2. The van der Waals surface area contributed by atoms with Crippen molar-refractivity contribution in [1.29, 1.82) is 0 Å². The van der Waals surface area contributed by atoms with Gasteiger partial charge < -0.3 is 20.1 Å². The molecule has 0 bridgehead atoms. The minimum absolute atomic E-state index is 0.206. The summed E-state index contributed by atoms with van der Waals surface area (Å²) in [6.07, 6.45) is 0. The van der Waals surface area contributed by atoms with Crippen molar-refractivity contribution in [2.24, 2.45) is 0 Å². The fourth-order valence-electron chi connectivity index (χ4n) is 2.18. The second kappa shape index (κ2) is 7.28. The normalized spacial score (nSPS) is 17.3. The third kappa shape index (κ3) is 3.89. The summed E-state index contributed by atoms with van der Waals surface area (Å²) in [6.45, 7) is 5.17. The molecule has 0 saturated heterocycles. The quantitative estimate of drug-likeness (QED) is 0.798. The zero-order chi connectivity index (χ0) is 17.0. The molecule has 0 saturated carbocycles. The van der Waals surface area contributed by atoms with Crippen molar-refractivity contribution in [2.75, 3.05) is 13.2 Å². The largest absolute Gasteiger partial charge is 0.463 e. The lowest BCUT2D eigenvalue weighted by atomic mass is 10.0. The van der Waals surface area contributed by atoms with Gasteiger partial charge in [0, 0.05) is 0 Å². The Hall–Kier alpha value is -2.35. The topological polar surface area (TPSA) is 93.7 Å². The smallest absolute Gasteiger partial charge is 0.348 e. The van der Waals surface area contributed by atoms with Gasteiger partial charge in [-0.2, -0.15) is 0 Å². The molecule has 2 rings (SSSR count). The van der Waals surface area contributed by atoms with Crippen LogP contribution in [0.5, 0.6) is 0 Å². The number of carbonyl (C=O) groups excluding carboxylic acids is 3. The van der Waals surface area contributed by atoms with Crippen molar-refractivity contribution in [3.05, 3.63) is 33.2 Å². The lowest BCUT2D eigenvalue weighted by Gasteiger charge is -2.26. The van der Waals surface area contributed by atoms with Gasteiger partial charge in [0.2, 0.25) is 0 Å². The van der Waals surface area contributed by atoms with Crippen molar-refractivity contribution in [1.82, 2.24) is 10.6 Å². The maximum atomic E-state index is 12.1. The van der Waals surface area contributed by atoms with Crippen molar-refractivity contribution < 1.29 is 23.9 Å². The molecule has 0 radical (unpaired) electrons. The Morgan fingerprint density at radius 2 is 2.04 bits per heavy atom. The first-order valence-corrected chi connectivity index (χ1v) is 8.00. The van der Waals surface area contributed by atoms with Gasteiger partial charge in [-0.25, -0.2) is 14.4 Å². The summed E-state index contributed by atoms with van der Waals surface area (Å²) in [7, 11) is 0. The highest BCUT2D eigenvalue weighted by Crippen LogP contribution is 2.19. The standard InChI is InChI=1S/C15H18N2O5S/c1-4-21-13(18)11-9(3)16-15(20)17-10(11)7-22-14(19)12-8(2)5-6-23-12/h5-6,9H,4,7H2,1-3H3,(H2,16,17,20)/t9-/m1/s1. The molecule has 0 fully saturated rings. The van der Waals surface area contributed by atoms with E-state index in [9.17, 15) is 14.4 Å². The van der Waals surface area contributed by atoms with E-state index in [4.69, 9.17) is 9.47 Å². The van der Waals surface area contributed by atoms with Gasteiger partial charge in [0.25, 0.3) is 0 Å². The highest BCUT2D eigenvalue weighted by molar-refractivity contribution is 7.12. The minimum Gasteiger partial charge on any atom is -0.463 e. The van der Waals surface area contributed by atoms with E-state index in [1.165, 1.54) is 11.3 Å². The molecule has 1 aromatic heterocycles. The van der Waals surface area contributed by atoms with Gasteiger partial charge in [0.1, 0.15) is 11.5 Å². The molecule has 1 aliphatic heterocycles. The van der Waals surface area contributed by atoms with Crippen molar-refractivity contribution in [2.45, 2.75) is 26.8 Å². The van der Waals surface area contributed by atoms with Crippen LogP contribution in [-0.4, -0.2) is 37.2 Å². The molecule has 7 nitrogen and oxygen atoms in total. The van der Waals surface area contributed by atoms with Crippen LogP contribution in [0.4, 0.5) is 4.79 Å². The van der Waals surface area contributed by atoms with E-state index in [-0.39, 0.29) is 24.5 Å². The fraction of sp³-hybridized carbons (Fsp3) is 0.400. The van der Waals surface area contributed by atoms with Crippen LogP contribution in [-0.2, 0) is 14.3 Å². The van der Waals surface area contributed by atoms with E-state index < -0.39 is 24.0 Å². The highest BCUT2D eigenvalue weighted by Gasteiger charge is 2.30.